The Hall–Kier alpha value is -8.15. The van der Waals surface area contributed by atoms with Crippen molar-refractivity contribution < 1.29 is 8.83 Å². The van der Waals surface area contributed by atoms with Crippen LogP contribution >= 0.6 is 0 Å². The van der Waals surface area contributed by atoms with Crippen LogP contribution in [-0.4, -0.2) is 9.55 Å². The molecule has 12 aromatic rings. The molecule has 0 saturated carbocycles. The number of hydrogen-bond acceptors (Lipinski definition) is 4. The summed E-state index contributed by atoms with van der Waals surface area (Å²) in [4.78, 5) is 7.23. The zero-order valence-electron chi connectivity index (χ0n) is 32.4. The fourth-order valence-corrected chi connectivity index (χ4v) is 8.91. The van der Waals surface area contributed by atoms with Gasteiger partial charge in [0.2, 0.25) is 5.89 Å². The van der Waals surface area contributed by atoms with Crippen molar-refractivity contribution in [3.05, 3.63) is 212 Å². The SMILES string of the molecule is c1ccc(-c2nc3ccc4oc5cc(-c6ccc(N(c7ccccc7-c7ccccc7)c7cccc8c7c7ccccc7n8-c7ccccc7)cc6)ccc5c4c3o2)cc1. The normalized spacial score (nSPS) is 11.7. The second-order valence-electron chi connectivity index (χ2n) is 15.1. The molecular formula is C55H35N3O2. The van der Waals surface area contributed by atoms with E-state index in [0.717, 1.165) is 89.1 Å². The lowest BCUT2D eigenvalue weighted by Crippen LogP contribution is -2.11. The van der Waals surface area contributed by atoms with Gasteiger partial charge in [-0.1, -0.05) is 127 Å². The maximum Gasteiger partial charge on any atom is 0.227 e. The largest absolute Gasteiger partial charge is 0.456 e. The number of rotatable bonds is 7. The van der Waals surface area contributed by atoms with Gasteiger partial charge in [0.1, 0.15) is 16.7 Å². The highest BCUT2D eigenvalue weighted by Gasteiger charge is 2.23. The quantitative estimate of drug-likeness (QED) is 0.162. The van der Waals surface area contributed by atoms with Gasteiger partial charge in [-0.3, -0.25) is 0 Å². The molecule has 12 rings (SSSR count). The van der Waals surface area contributed by atoms with Crippen molar-refractivity contribution in [1.29, 1.82) is 0 Å². The Morgan fingerprint density at radius 3 is 1.90 bits per heavy atom. The number of benzene rings is 9. The van der Waals surface area contributed by atoms with Crippen molar-refractivity contribution in [2.75, 3.05) is 4.90 Å². The van der Waals surface area contributed by atoms with E-state index in [-0.39, 0.29) is 0 Å². The first-order valence-electron chi connectivity index (χ1n) is 20.2. The average Bonchev–Trinajstić information content (AvgIpc) is 4.02. The topological polar surface area (TPSA) is 47.3 Å². The van der Waals surface area contributed by atoms with Crippen molar-refractivity contribution in [1.82, 2.24) is 9.55 Å². The van der Waals surface area contributed by atoms with Crippen molar-refractivity contribution in [3.63, 3.8) is 0 Å². The molecule has 0 aliphatic rings. The van der Waals surface area contributed by atoms with Crippen LogP contribution in [0.1, 0.15) is 0 Å². The second-order valence-corrected chi connectivity index (χ2v) is 15.1. The lowest BCUT2D eigenvalue weighted by molar-refractivity contribution is 0.622. The highest BCUT2D eigenvalue weighted by Crippen LogP contribution is 2.47. The Kier molecular flexibility index (Phi) is 7.78. The minimum atomic E-state index is 0.600. The first-order chi connectivity index (χ1) is 29.8. The summed E-state index contributed by atoms with van der Waals surface area (Å²) in [5, 5.41) is 4.33. The number of fused-ring (bicyclic) bond motifs is 8. The van der Waals surface area contributed by atoms with Gasteiger partial charge in [0.25, 0.3) is 0 Å². The van der Waals surface area contributed by atoms with Crippen LogP contribution in [0.15, 0.2) is 221 Å². The third-order valence-corrected chi connectivity index (χ3v) is 11.6. The van der Waals surface area contributed by atoms with E-state index in [1.165, 1.54) is 16.3 Å². The van der Waals surface area contributed by atoms with Gasteiger partial charge < -0.3 is 18.3 Å². The standard InChI is InChI=1S/C55H35N3O2/c1-4-15-37(16-5-1)42-21-10-12-23-46(42)58(49-26-14-25-48-52(49)43-22-11-13-24-47(43)57(48)40-19-8-3-9-20-40)41-30-27-36(28-31-41)39-29-32-44-51(35-39)59-50-34-33-45-54(53(44)50)60-55(56-45)38-17-6-2-7-18-38/h1-35H. The molecule has 0 fully saturated rings. The number of furan rings is 1. The summed E-state index contributed by atoms with van der Waals surface area (Å²) in [5.41, 5.74) is 15.2. The molecule has 0 amide bonds. The van der Waals surface area contributed by atoms with E-state index in [1.54, 1.807) is 0 Å². The Bertz CT molecular complexity index is 3530. The van der Waals surface area contributed by atoms with Gasteiger partial charge in [-0.15, -0.1) is 0 Å². The summed E-state index contributed by atoms with van der Waals surface area (Å²) in [5.74, 6) is 0.600. The lowest BCUT2D eigenvalue weighted by Gasteiger charge is -2.29. The highest BCUT2D eigenvalue weighted by molar-refractivity contribution is 6.18. The summed E-state index contributed by atoms with van der Waals surface area (Å²) < 4.78 is 15.3. The van der Waals surface area contributed by atoms with Crippen LogP contribution in [0.5, 0.6) is 0 Å². The van der Waals surface area contributed by atoms with Gasteiger partial charge in [-0.2, -0.15) is 0 Å². The summed E-state index contributed by atoms with van der Waals surface area (Å²) in [6.45, 7) is 0. The van der Waals surface area contributed by atoms with Crippen LogP contribution in [0.3, 0.4) is 0 Å². The summed E-state index contributed by atoms with van der Waals surface area (Å²) in [7, 11) is 0. The molecule has 0 spiro atoms. The van der Waals surface area contributed by atoms with E-state index in [9.17, 15) is 0 Å². The van der Waals surface area contributed by atoms with E-state index in [1.807, 2.05) is 42.5 Å². The van der Waals surface area contributed by atoms with Gasteiger partial charge >= 0.3 is 0 Å². The summed E-state index contributed by atoms with van der Waals surface area (Å²) in [6, 6.07) is 74.7. The molecular weight excluding hydrogens is 735 g/mol. The Morgan fingerprint density at radius 2 is 1.08 bits per heavy atom. The van der Waals surface area contributed by atoms with Crippen LogP contribution < -0.4 is 4.90 Å². The molecule has 0 bridgehead atoms. The van der Waals surface area contributed by atoms with Crippen molar-refractivity contribution in [2.45, 2.75) is 0 Å². The molecule has 0 radical (unpaired) electrons. The molecule has 282 valence electrons. The molecule has 0 aliphatic heterocycles. The van der Waals surface area contributed by atoms with Crippen LogP contribution in [0.2, 0.25) is 0 Å². The molecule has 9 aromatic carbocycles. The molecule has 3 aromatic heterocycles. The predicted octanol–water partition coefficient (Wildman–Crippen LogP) is 15.3. The van der Waals surface area contributed by atoms with E-state index >= 15 is 0 Å². The predicted molar refractivity (Wildman–Crippen MR) is 247 cm³/mol. The number of para-hydroxylation sites is 3. The summed E-state index contributed by atoms with van der Waals surface area (Å²) >= 11 is 0. The minimum absolute atomic E-state index is 0.600. The third kappa shape index (κ3) is 5.44. The van der Waals surface area contributed by atoms with Gasteiger partial charge in [0.05, 0.1) is 27.8 Å². The van der Waals surface area contributed by atoms with Crippen LogP contribution in [-0.2, 0) is 0 Å². The fourth-order valence-electron chi connectivity index (χ4n) is 8.91. The van der Waals surface area contributed by atoms with Crippen molar-refractivity contribution in [2.24, 2.45) is 0 Å². The van der Waals surface area contributed by atoms with Crippen LogP contribution in [0.25, 0.3) is 94.2 Å². The maximum absolute atomic E-state index is 6.48. The first-order valence-corrected chi connectivity index (χ1v) is 20.2. The van der Waals surface area contributed by atoms with Crippen LogP contribution in [0.4, 0.5) is 17.1 Å². The fraction of sp³-hybridized carbons (Fsp3) is 0. The van der Waals surface area contributed by atoms with Gasteiger partial charge in [-0.05, 0) is 102 Å². The molecule has 0 saturated heterocycles. The maximum atomic E-state index is 6.48. The Morgan fingerprint density at radius 1 is 0.417 bits per heavy atom. The number of oxazole rings is 1. The number of aromatic nitrogens is 2. The number of hydrogen-bond donors (Lipinski definition) is 0. The molecule has 0 unspecified atom stereocenters. The number of anilines is 3. The van der Waals surface area contributed by atoms with Crippen molar-refractivity contribution >= 4 is 71.9 Å². The Labute approximate surface area is 345 Å². The second kappa shape index (κ2) is 13.8. The summed E-state index contributed by atoms with van der Waals surface area (Å²) in [6.07, 6.45) is 0. The molecule has 60 heavy (non-hydrogen) atoms. The molecule has 5 heteroatoms. The molecule has 0 atom stereocenters. The lowest BCUT2D eigenvalue weighted by atomic mass is 10.00. The minimum Gasteiger partial charge on any atom is -0.456 e. The van der Waals surface area contributed by atoms with E-state index in [2.05, 4.69) is 179 Å². The molecule has 3 heterocycles. The van der Waals surface area contributed by atoms with Gasteiger partial charge in [0.15, 0.2) is 5.58 Å². The monoisotopic (exact) mass is 769 g/mol. The van der Waals surface area contributed by atoms with Crippen LogP contribution in [0, 0.1) is 0 Å². The van der Waals surface area contributed by atoms with Gasteiger partial charge in [0, 0.05) is 38.7 Å². The smallest absolute Gasteiger partial charge is 0.227 e. The Balaban J connectivity index is 1.01. The molecule has 0 N–H and O–H groups in total. The zero-order valence-corrected chi connectivity index (χ0v) is 32.4. The number of nitrogens with zero attached hydrogens (tertiary/aromatic N) is 3. The third-order valence-electron chi connectivity index (χ3n) is 11.6. The van der Waals surface area contributed by atoms with E-state index in [0.29, 0.717) is 5.89 Å². The zero-order chi connectivity index (χ0) is 39.6. The van der Waals surface area contributed by atoms with Gasteiger partial charge in [-0.25, -0.2) is 4.98 Å². The highest BCUT2D eigenvalue weighted by atomic mass is 16.4. The van der Waals surface area contributed by atoms with Crippen molar-refractivity contribution in [3.8, 4) is 39.4 Å². The average molecular weight is 770 g/mol. The van der Waals surface area contributed by atoms with E-state index < -0.39 is 0 Å². The van der Waals surface area contributed by atoms with E-state index in [4.69, 9.17) is 13.8 Å². The molecule has 0 aliphatic carbocycles. The first kappa shape index (κ1) is 33.9. The molecule has 5 nitrogen and oxygen atoms in total.